The Balaban J connectivity index is 2.08. The molecule has 0 amide bonds. The van der Waals surface area contributed by atoms with E-state index >= 15 is 0 Å². The van der Waals surface area contributed by atoms with Crippen LogP contribution in [0.4, 0.5) is 0 Å². The predicted molar refractivity (Wildman–Crippen MR) is 111 cm³/mol. The predicted octanol–water partition coefficient (Wildman–Crippen LogP) is 3.34. The van der Waals surface area contributed by atoms with Crippen molar-refractivity contribution < 1.29 is 22.7 Å². The van der Waals surface area contributed by atoms with Crippen molar-refractivity contribution >= 4 is 21.8 Å². The fraction of sp³-hybridized carbons (Fsp3) is 0.364. The summed E-state index contributed by atoms with van der Waals surface area (Å²) in [7, 11) is -3.90. The van der Waals surface area contributed by atoms with E-state index in [-0.39, 0.29) is 16.6 Å². The Labute approximate surface area is 172 Å². The Morgan fingerprint density at radius 3 is 2.14 bits per heavy atom. The molecule has 0 unspecified atom stereocenters. The van der Waals surface area contributed by atoms with Gasteiger partial charge in [-0.15, -0.1) is 0 Å². The van der Waals surface area contributed by atoms with Gasteiger partial charge in [-0.25, -0.2) is 8.42 Å². The van der Waals surface area contributed by atoms with Gasteiger partial charge in [0, 0.05) is 5.56 Å². The highest BCUT2D eigenvalue weighted by Gasteiger charge is 2.30. The quantitative estimate of drug-likeness (QED) is 0.526. The van der Waals surface area contributed by atoms with Gasteiger partial charge >= 0.3 is 5.97 Å². The summed E-state index contributed by atoms with van der Waals surface area (Å²) in [6.45, 7) is 8.65. The Morgan fingerprint density at radius 2 is 1.59 bits per heavy atom. The molecule has 2 aromatic rings. The molecule has 0 aliphatic heterocycles. The van der Waals surface area contributed by atoms with E-state index in [4.69, 9.17) is 4.74 Å². The van der Waals surface area contributed by atoms with Crippen LogP contribution < -0.4 is 4.72 Å². The van der Waals surface area contributed by atoms with Crippen molar-refractivity contribution in [2.45, 2.75) is 45.6 Å². The minimum Gasteiger partial charge on any atom is -0.456 e. The third kappa shape index (κ3) is 5.98. The van der Waals surface area contributed by atoms with Gasteiger partial charge in [-0.3, -0.25) is 9.59 Å². The van der Waals surface area contributed by atoms with Crippen molar-refractivity contribution in [2.75, 3.05) is 6.61 Å². The van der Waals surface area contributed by atoms with Gasteiger partial charge in [0.1, 0.15) is 6.04 Å². The van der Waals surface area contributed by atoms with E-state index in [0.717, 1.165) is 16.7 Å². The number of Topliss-reactive ketones (excluding diaryl/α,β-unsaturated/α-hetero) is 1. The van der Waals surface area contributed by atoms with Gasteiger partial charge in [-0.2, -0.15) is 4.72 Å². The number of benzene rings is 2. The summed E-state index contributed by atoms with van der Waals surface area (Å²) >= 11 is 0. The lowest BCUT2D eigenvalue weighted by molar-refractivity contribution is -0.145. The van der Waals surface area contributed by atoms with Crippen LogP contribution in [0.2, 0.25) is 0 Å². The second kappa shape index (κ2) is 9.33. The molecule has 0 fully saturated rings. The zero-order chi connectivity index (χ0) is 21.8. The molecule has 0 aliphatic carbocycles. The topological polar surface area (TPSA) is 89.5 Å². The smallest absolute Gasteiger partial charge is 0.324 e. The van der Waals surface area contributed by atoms with Gasteiger partial charge in [0.15, 0.2) is 12.4 Å². The number of esters is 1. The molecule has 0 radical (unpaired) electrons. The number of aryl methyl sites for hydroxylation is 3. The normalized spacial score (nSPS) is 12.6. The zero-order valence-corrected chi connectivity index (χ0v) is 18.2. The number of ether oxygens (including phenoxy) is 1. The van der Waals surface area contributed by atoms with E-state index in [0.29, 0.717) is 5.56 Å². The summed E-state index contributed by atoms with van der Waals surface area (Å²) in [6, 6.07) is 10.5. The summed E-state index contributed by atoms with van der Waals surface area (Å²) in [4.78, 5) is 24.9. The van der Waals surface area contributed by atoms with Gasteiger partial charge in [0.05, 0.1) is 4.90 Å². The third-order valence-corrected chi connectivity index (χ3v) is 6.17. The molecule has 1 atom stereocenters. The van der Waals surface area contributed by atoms with Crippen LogP contribution in [0.25, 0.3) is 0 Å². The van der Waals surface area contributed by atoms with E-state index in [1.165, 1.54) is 12.1 Å². The second-order valence-electron chi connectivity index (χ2n) is 7.49. The zero-order valence-electron chi connectivity index (χ0n) is 17.4. The van der Waals surface area contributed by atoms with Crippen molar-refractivity contribution in [1.82, 2.24) is 4.72 Å². The average molecular weight is 418 g/mol. The lowest BCUT2D eigenvalue weighted by Gasteiger charge is -2.20. The minimum atomic E-state index is -3.90. The first kappa shape index (κ1) is 22.8. The molecule has 0 saturated carbocycles. The van der Waals surface area contributed by atoms with E-state index < -0.39 is 28.6 Å². The Kier molecular flexibility index (Phi) is 7.32. The average Bonchev–Trinajstić information content (AvgIpc) is 2.66. The summed E-state index contributed by atoms with van der Waals surface area (Å²) < 4.78 is 32.7. The van der Waals surface area contributed by atoms with Crippen LogP contribution in [-0.2, 0) is 19.6 Å². The summed E-state index contributed by atoms with van der Waals surface area (Å²) in [5.41, 5.74) is 3.40. The van der Waals surface area contributed by atoms with E-state index in [2.05, 4.69) is 4.72 Å². The van der Waals surface area contributed by atoms with Crippen LogP contribution in [-0.4, -0.2) is 32.8 Å². The summed E-state index contributed by atoms with van der Waals surface area (Å²) in [5.74, 6) is -1.49. The van der Waals surface area contributed by atoms with E-state index in [1.807, 2.05) is 26.8 Å². The number of sulfonamides is 1. The molecule has 0 heterocycles. The lowest BCUT2D eigenvalue weighted by atomic mass is 10.0. The van der Waals surface area contributed by atoms with Crippen LogP contribution in [0.5, 0.6) is 0 Å². The second-order valence-corrected chi connectivity index (χ2v) is 9.20. The first-order valence-corrected chi connectivity index (χ1v) is 10.9. The monoisotopic (exact) mass is 417 g/mol. The van der Waals surface area contributed by atoms with Gasteiger partial charge in [0.2, 0.25) is 10.0 Å². The Morgan fingerprint density at radius 1 is 0.966 bits per heavy atom. The number of rotatable bonds is 8. The Hall–Kier alpha value is -2.51. The molecule has 2 rings (SSSR count). The van der Waals surface area contributed by atoms with Gasteiger partial charge < -0.3 is 4.74 Å². The highest BCUT2D eigenvalue weighted by atomic mass is 32.2. The fourth-order valence-electron chi connectivity index (χ4n) is 2.63. The van der Waals surface area contributed by atoms with Gasteiger partial charge in [-0.1, -0.05) is 43.7 Å². The lowest BCUT2D eigenvalue weighted by Crippen LogP contribution is -2.45. The van der Waals surface area contributed by atoms with Crippen molar-refractivity contribution in [2.24, 2.45) is 5.92 Å². The maximum absolute atomic E-state index is 12.6. The molecule has 0 aromatic heterocycles. The van der Waals surface area contributed by atoms with Crippen molar-refractivity contribution in [3.05, 3.63) is 64.7 Å². The number of carbonyl (C=O) groups excluding carboxylic acids is 2. The van der Waals surface area contributed by atoms with Crippen LogP contribution in [0, 0.1) is 26.7 Å². The molecule has 0 aliphatic rings. The highest BCUT2D eigenvalue weighted by Crippen LogP contribution is 2.15. The fourth-order valence-corrected chi connectivity index (χ4v) is 3.97. The van der Waals surface area contributed by atoms with Crippen molar-refractivity contribution in [3.8, 4) is 0 Å². The molecule has 156 valence electrons. The van der Waals surface area contributed by atoms with Gasteiger partial charge in [-0.05, 0) is 56.0 Å². The number of nitrogens with one attached hydrogen (secondary N) is 1. The number of hydrogen-bond acceptors (Lipinski definition) is 5. The van der Waals surface area contributed by atoms with Crippen molar-refractivity contribution in [3.63, 3.8) is 0 Å². The molecule has 0 bridgehead atoms. The molecule has 6 nitrogen and oxygen atoms in total. The molecule has 7 heteroatoms. The molecule has 0 spiro atoms. The van der Waals surface area contributed by atoms with Crippen LogP contribution in [0.15, 0.2) is 47.4 Å². The van der Waals surface area contributed by atoms with E-state index in [9.17, 15) is 18.0 Å². The van der Waals surface area contributed by atoms with Crippen LogP contribution >= 0.6 is 0 Å². The summed E-state index contributed by atoms with van der Waals surface area (Å²) in [5, 5.41) is 0. The maximum Gasteiger partial charge on any atom is 0.324 e. The molecule has 2 aromatic carbocycles. The maximum atomic E-state index is 12.6. The SMILES string of the molecule is Cc1ccc(S(=O)(=O)N[C@H](C(=O)OCC(=O)c2ccc(C)c(C)c2)C(C)C)cc1. The third-order valence-electron chi connectivity index (χ3n) is 4.71. The first-order valence-electron chi connectivity index (χ1n) is 9.37. The molecule has 0 saturated heterocycles. The molecule has 1 N–H and O–H groups in total. The molecular weight excluding hydrogens is 390 g/mol. The van der Waals surface area contributed by atoms with Crippen LogP contribution in [0.1, 0.15) is 40.9 Å². The minimum absolute atomic E-state index is 0.0627. The first-order chi connectivity index (χ1) is 13.5. The summed E-state index contributed by atoms with van der Waals surface area (Å²) in [6.07, 6.45) is 0. The van der Waals surface area contributed by atoms with Crippen molar-refractivity contribution in [1.29, 1.82) is 0 Å². The van der Waals surface area contributed by atoms with Gasteiger partial charge in [0.25, 0.3) is 0 Å². The van der Waals surface area contributed by atoms with E-state index in [1.54, 1.807) is 38.1 Å². The number of carbonyl (C=O) groups is 2. The molecular formula is C22H27NO5S. The van der Waals surface area contributed by atoms with Crippen LogP contribution in [0.3, 0.4) is 0 Å². The standard InChI is InChI=1S/C22H27NO5S/c1-14(2)21(23-29(26,27)19-10-6-15(3)7-11-19)22(25)28-13-20(24)18-9-8-16(4)17(5)12-18/h6-12,14,21,23H,13H2,1-5H3/t21-/m0/s1. The Bertz CT molecular complexity index is 994. The number of ketones is 1. The number of hydrogen-bond donors (Lipinski definition) is 1. The highest BCUT2D eigenvalue weighted by molar-refractivity contribution is 7.89. The largest absolute Gasteiger partial charge is 0.456 e. The molecule has 29 heavy (non-hydrogen) atoms.